The maximum atomic E-state index is 13.4. The minimum Gasteiger partial charge on any atom is -0.386 e. The Labute approximate surface area is 105 Å². The molecule has 0 aromatic heterocycles. The number of rotatable bonds is 4. The molecule has 1 heterocycles. The Hall–Kier alpha value is -1.02. The van der Waals surface area contributed by atoms with E-state index in [1.54, 1.807) is 0 Å². The Morgan fingerprint density at radius 1 is 1.44 bits per heavy atom. The highest BCUT2D eigenvalue weighted by molar-refractivity contribution is 7.89. The summed E-state index contributed by atoms with van der Waals surface area (Å²) < 4.78 is 44.3. The fourth-order valence-electron chi connectivity index (χ4n) is 1.71. The number of sulfonamides is 1. The summed E-state index contributed by atoms with van der Waals surface area (Å²) in [5.74, 6) is -0.820. The van der Waals surface area contributed by atoms with Gasteiger partial charge in [-0.2, -0.15) is 0 Å². The van der Waals surface area contributed by atoms with Crippen LogP contribution in [0.1, 0.15) is 6.42 Å². The summed E-state index contributed by atoms with van der Waals surface area (Å²) in [6.45, 7) is 0.272. The van der Waals surface area contributed by atoms with Gasteiger partial charge in [-0.25, -0.2) is 17.5 Å². The zero-order chi connectivity index (χ0) is 13.2. The molecule has 0 spiro atoms. The Morgan fingerprint density at radius 2 is 2.17 bits per heavy atom. The van der Waals surface area contributed by atoms with Gasteiger partial charge < -0.3 is 9.84 Å². The number of hydrogen-bond donors (Lipinski definition) is 2. The molecule has 5 nitrogen and oxygen atoms in total. The Morgan fingerprint density at radius 3 is 2.78 bits per heavy atom. The van der Waals surface area contributed by atoms with E-state index >= 15 is 0 Å². The van der Waals surface area contributed by atoms with Crippen LogP contribution in [0.4, 0.5) is 4.39 Å². The molecule has 1 fully saturated rings. The van der Waals surface area contributed by atoms with Gasteiger partial charge in [0.25, 0.3) is 0 Å². The van der Waals surface area contributed by atoms with Crippen molar-refractivity contribution in [3.05, 3.63) is 30.1 Å². The van der Waals surface area contributed by atoms with Gasteiger partial charge in [0.05, 0.1) is 6.61 Å². The third-order valence-electron chi connectivity index (χ3n) is 2.80. The van der Waals surface area contributed by atoms with Crippen molar-refractivity contribution < 1.29 is 22.7 Å². The van der Waals surface area contributed by atoms with Crippen LogP contribution in [0.2, 0.25) is 0 Å². The van der Waals surface area contributed by atoms with E-state index in [0.29, 0.717) is 13.0 Å². The molecular formula is C11H14FNO4S. The van der Waals surface area contributed by atoms with Crippen LogP contribution in [-0.2, 0) is 14.8 Å². The fourth-order valence-corrected chi connectivity index (χ4v) is 2.90. The fraction of sp³-hybridized carbons (Fsp3) is 0.455. The smallest absolute Gasteiger partial charge is 0.243 e. The molecule has 1 aliphatic heterocycles. The third kappa shape index (κ3) is 2.86. The van der Waals surface area contributed by atoms with Crippen molar-refractivity contribution >= 4 is 10.0 Å². The molecule has 1 unspecified atom stereocenters. The van der Waals surface area contributed by atoms with Crippen molar-refractivity contribution in [3.63, 3.8) is 0 Å². The lowest BCUT2D eigenvalue weighted by Crippen LogP contribution is -2.43. The molecule has 7 heteroatoms. The zero-order valence-electron chi connectivity index (χ0n) is 9.60. The van der Waals surface area contributed by atoms with Crippen LogP contribution >= 0.6 is 0 Å². The lowest BCUT2D eigenvalue weighted by molar-refractivity contribution is 0.0314. The molecule has 1 atom stereocenters. The number of hydrogen-bond acceptors (Lipinski definition) is 4. The second kappa shape index (κ2) is 4.93. The number of aliphatic hydroxyl groups is 1. The van der Waals surface area contributed by atoms with Gasteiger partial charge in [0.2, 0.25) is 10.0 Å². The highest BCUT2D eigenvalue weighted by atomic mass is 32.2. The number of nitrogens with one attached hydrogen (secondary N) is 1. The first-order valence-electron chi connectivity index (χ1n) is 5.47. The van der Waals surface area contributed by atoms with Crippen molar-refractivity contribution in [3.8, 4) is 0 Å². The summed E-state index contributed by atoms with van der Waals surface area (Å²) in [4.78, 5) is -0.424. The molecule has 100 valence electrons. The van der Waals surface area contributed by atoms with E-state index in [1.807, 2.05) is 0 Å². The molecule has 0 radical (unpaired) electrons. The monoisotopic (exact) mass is 275 g/mol. The molecule has 2 N–H and O–H groups in total. The second-order valence-electron chi connectivity index (χ2n) is 4.28. The Balaban J connectivity index is 2.11. The Kier molecular flexibility index (Phi) is 3.67. The van der Waals surface area contributed by atoms with Crippen LogP contribution in [0.25, 0.3) is 0 Å². The van der Waals surface area contributed by atoms with Crippen molar-refractivity contribution in [2.24, 2.45) is 0 Å². The molecule has 1 aromatic carbocycles. The van der Waals surface area contributed by atoms with Gasteiger partial charge in [0.15, 0.2) is 0 Å². The third-order valence-corrected chi connectivity index (χ3v) is 4.23. The second-order valence-corrected chi connectivity index (χ2v) is 6.02. The van der Waals surface area contributed by atoms with Gasteiger partial charge in [-0.15, -0.1) is 0 Å². The van der Waals surface area contributed by atoms with Gasteiger partial charge in [-0.1, -0.05) is 12.1 Å². The maximum absolute atomic E-state index is 13.4. The first-order chi connectivity index (χ1) is 8.43. The van der Waals surface area contributed by atoms with Crippen molar-refractivity contribution in [2.45, 2.75) is 16.9 Å². The maximum Gasteiger partial charge on any atom is 0.243 e. The number of ether oxygens (including phenoxy) is 1. The van der Waals surface area contributed by atoms with Crippen LogP contribution in [0.5, 0.6) is 0 Å². The lowest BCUT2D eigenvalue weighted by Gasteiger charge is -2.20. The topological polar surface area (TPSA) is 75.6 Å². The highest BCUT2D eigenvalue weighted by Gasteiger charge is 2.34. The standard InChI is InChI=1S/C11H14FNO4S/c12-9-3-1-2-4-10(9)18(15,16)13-7-11(14)5-6-17-8-11/h1-4,13-14H,5-8H2. The molecule has 1 aromatic rings. The van der Waals surface area contributed by atoms with E-state index in [2.05, 4.69) is 4.72 Å². The van der Waals surface area contributed by atoms with Crippen molar-refractivity contribution in [2.75, 3.05) is 19.8 Å². The molecule has 0 aliphatic carbocycles. The summed E-state index contributed by atoms with van der Waals surface area (Å²) in [5.41, 5.74) is -1.21. The molecule has 18 heavy (non-hydrogen) atoms. The van der Waals surface area contributed by atoms with Gasteiger partial charge in [-0.05, 0) is 12.1 Å². The van der Waals surface area contributed by atoms with Gasteiger partial charge in [0.1, 0.15) is 16.3 Å². The van der Waals surface area contributed by atoms with Gasteiger partial charge in [0, 0.05) is 19.6 Å². The van der Waals surface area contributed by atoms with E-state index in [4.69, 9.17) is 4.74 Å². The first-order valence-corrected chi connectivity index (χ1v) is 6.96. The number of benzene rings is 1. The van der Waals surface area contributed by atoms with Crippen LogP contribution in [0.15, 0.2) is 29.2 Å². The average molecular weight is 275 g/mol. The predicted octanol–water partition coefficient (Wildman–Crippen LogP) is 0.255. The summed E-state index contributed by atoms with van der Waals surface area (Å²) in [5, 5.41) is 9.93. The molecule has 0 amide bonds. The summed E-state index contributed by atoms with van der Waals surface area (Å²) in [6, 6.07) is 5.09. The van der Waals surface area contributed by atoms with E-state index in [0.717, 1.165) is 6.07 Å². The molecular weight excluding hydrogens is 261 g/mol. The SMILES string of the molecule is O=S(=O)(NCC1(O)CCOC1)c1ccccc1F. The quantitative estimate of drug-likeness (QED) is 0.826. The van der Waals surface area contributed by atoms with E-state index < -0.39 is 26.3 Å². The van der Waals surface area contributed by atoms with E-state index in [-0.39, 0.29) is 13.2 Å². The largest absolute Gasteiger partial charge is 0.386 e. The first kappa shape index (κ1) is 13.4. The molecule has 1 aliphatic rings. The number of halogens is 1. The molecule has 1 saturated heterocycles. The van der Waals surface area contributed by atoms with Crippen LogP contribution < -0.4 is 4.72 Å². The summed E-state index contributed by atoms with van der Waals surface area (Å²) in [7, 11) is -3.96. The van der Waals surface area contributed by atoms with Crippen LogP contribution in [-0.4, -0.2) is 38.9 Å². The summed E-state index contributed by atoms with van der Waals surface area (Å²) in [6.07, 6.45) is 0.354. The predicted molar refractivity (Wildman–Crippen MR) is 62.0 cm³/mol. The average Bonchev–Trinajstić information content (AvgIpc) is 2.75. The zero-order valence-corrected chi connectivity index (χ0v) is 10.4. The molecule has 0 bridgehead atoms. The summed E-state index contributed by atoms with van der Waals surface area (Å²) >= 11 is 0. The Bertz CT molecular complexity index is 526. The minimum atomic E-state index is -3.96. The van der Waals surface area contributed by atoms with Gasteiger partial charge in [-0.3, -0.25) is 0 Å². The lowest BCUT2D eigenvalue weighted by atomic mass is 10.1. The van der Waals surface area contributed by atoms with Crippen molar-refractivity contribution in [1.29, 1.82) is 0 Å². The van der Waals surface area contributed by atoms with E-state index in [9.17, 15) is 17.9 Å². The molecule has 2 rings (SSSR count). The molecule has 0 saturated carbocycles. The van der Waals surface area contributed by atoms with Crippen LogP contribution in [0, 0.1) is 5.82 Å². The van der Waals surface area contributed by atoms with E-state index in [1.165, 1.54) is 18.2 Å². The van der Waals surface area contributed by atoms with Crippen molar-refractivity contribution in [1.82, 2.24) is 4.72 Å². The van der Waals surface area contributed by atoms with Crippen LogP contribution in [0.3, 0.4) is 0 Å². The normalized spacial score (nSPS) is 24.3. The van der Waals surface area contributed by atoms with Gasteiger partial charge >= 0.3 is 0 Å². The highest BCUT2D eigenvalue weighted by Crippen LogP contribution is 2.19. The minimum absolute atomic E-state index is 0.0762.